The van der Waals surface area contributed by atoms with Gasteiger partial charge in [-0.25, -0.2) is 0 Å². The number of hydrogen-bond acceptors (Lipinski definition) is 4. The lowest BCUT2D eigenvalue weighted by atomic mass is 10.3. The van der Waals surface area contributed by atoms with Crippen molar-refractivity contribution in [1.82, 2.24) is 14.7 Å². The van der Waals surface area contributed by atoms with Crippen LogP contribution in [0.2, 0.25) is 0 Å². The highest BCUT2D eigenvalue weighted by Crippen LogP contribution is 2.09. The van der Waals surface area contributed by atoms with Crippen LogP contribution in [-0.2, 0) is 9.59 Å². The highest BCUT2D eigenvalue weighted by atomic mass is 16.2. The first-order chi connectivity index (χ1) is 8.29. The number of nitrogens with zero attached hydrogens (tertiary/aromatic N) is 3. The van der Waals surface area contributed by atoms with Crippen LogP contribution in [0, 0.1) is 0 Å². The second-order valence-corrected chi connectivity index (χ2v) is 4.83. The quantitative estimate of drug-likeness (QED) is 0.616. The molecule has 0 unspecified atom stereocenters. The summed E-state index contributed by atoms with van der Waals surface area (Å²) < 4.78 is 0. The lowest BCUT2D eigenvalue weighted by molar-refractivity contribution is -0.131. The minimum absolute atomic E-state index is 0.270. The molecule has 0 saturated carbocycles. The van der Waals surface area contributed by atoms with Crippen LogP contribution < -0.4 is 0 Å². The number of carbonyl (C=O) groups is 2. The van der Waals surface area contributed by atoms with Crippen molar-refractivity contribution in [2.24, 2.45) is 0 Å². The third-order valence-corrected chi connectivity index (χ3v) is 3.62. The van der Waals surface area contributed by atoms with E-state index in [1.807, 2.05) is 4.90 Å². The Morgan fingerprint density at radius 2 is 1.53 bits per heavy atom. The van der Waals surface area contributed by atoms with E-state index in [4.69, 9.17) is 0 Å². The normalized spacial score (nSPS) is 22.9. The molecule has 0 N–H and O–H groups in total. The maximum Gasteiger partial charge on any atom is 0.236 e. The third-order valence-electron chi connectivity index (χ3n) is 3.62. The molecule has 17 heavy (non-hydrogen) atoms. The van der Waals surface area contributed by atoms with Gasteiger partial charge in [-0.05, 0) is 12.8 Å². The van der Waals surface area contributed by atoms with Gasteiger partial charge in [-0.2, -0.15) is 0 Å². The topological polar surface area (TPSA) is 43.9 Å². The SMILES string of the molecule is O=CCN1CCN(CC(=O)N2CCCC2)CC1. The van der Waals surface area contributed by atoms with Crippen molar-refractivity contribution in [3.8, 4) is 0 Å². The molecule has 0 radical (unpaired) electrons. The molecule has 2 aliphatic rings. The Balaban J connectivity index is 1.70. The number of piperazine rings is 1. The minimum Gasteiger partial charge on any atom is -0.342 e. The lowest BCUT2D eigenvalue weighted by Gasteiger charge is -2.33. The summed E-state index contributed by atoms with van der Waals surface area (Å²) >= 11 is 0. The fraction of sp³-hybridized carbons (Fsp3) is 0.833. The van der Waals surface area contributed by atoms with Crippen molar-refractivity contribution in [2.45, 2.75) is 12.8 Å². The summed E-state index contributed by atoms with van der Waals surface area (Å²) in [4.78, 5) is 28.6. The lowest BCUT2D eigenvalue weighted by Crippen LogP contribution is -2.50. The van der Waals surface area contributed by atoms with Gasteiger partial charge in [0.2, 0.25) is 5.91 Å². The Bertz CT molecular complexity index is 269. The van der Waals surface area contributed by atoms with Crippen molar-refractivity contribution in [3.05, 3.63) is 0 Å². The van der Waals surface area contributed by atoms with Crippen LogP contribution in [0.3, 0.4) is 0 Å². The van der Waals surface area contributed by atoms with E-state index in [1.54, 1.807) is 0 Å². The zero-order valence-corrected chi connectivity index (χ0v) is 10.3. The molecule has 0 aliphatic carbocycles. The smallest absolute Gasteiger partial charge is 0.236 e. The van der Waals surface area contributed by atoms with Gasteiger partial charge in [0, 0.05) is 39.3 Å². The van der Waals surface area contributed by atoms with Crippen LogP contribution in [0.5, 0.6) is 0 Å². The molecule has 0 aromatic rings. The highest BCUT2D eigenvalue weighted by molar-refractivity contribution is 5.78. The first-order valence-corrected chi connectivity index (χ1v) is 6.46. The minimum atomic E-state index is 0.270. The second-order valence-electron chi connectivity index (χ2n) is 4.83. The van der Waals surface area contributed by atoms with E-state index >= 15 is 0 Å². The fourth-order valence-corrected chi connectivity index (χ4v) is 2.49. The largest absolute Gasteiger partial charge is 0.342 e. The van der Waals surface area contributed by atoms with Gasteiger partial charge < -0.3 is 9.69 Å². The number of rotatable bonds is 4. The Hall–Kier alpha value is -0.940. The summed E-state index contributed by atoms with van der Waals surface area (Å²) in [6, 6.07) is 0. The molecular formula is C12H21N3O2. The third kappa shape index (κ3) is 3.51. The van der Waals surface area contributed by atoms with Gasteiger partial charge in [-0.1, -0.05) is 0 Å². The highest BCUT2D eigenvalue weighted by Gasteiger charge is 2.22. The van der Waals surface area contributed by atoms with E-state index < -0.39 is 0 Å². The van der Waals surface area contributed by atoms with Crippen molar-refractivity contribution in [1.29, 1.82) is 0 Å². The van der Waals surface area contributed by atoms with Crippen LogP contribution in [0.4, 0.5) is 0 Å². The van der Waals surface area contributed by atoms with Gasteiger partial charge >= 0.3 is 0 Å². The summed E-state index contributed by atoms with van der Waals surface area (Å²) in [5, 5.41) is 0. The van der Waals surface area contributed by atoms with Gasteiger partial charge in [0.1, 0.15) is 6.29 Å². The van der Waals surface area contributed by atoms with Crippen LogP contribution in [0.1, 0.15) is 12.8 Å². The monoisotopic (exact) mass is 239 g/mol. The van der Waals surface area contributed by atoms with Crippen molar-refractivity contribution in [3.63, 3.8) is 0 Å². The van der Waals surface area contributed by atoms with Gasteiger partial charge in [0.05, 0.1) is 13.1 Å². The Morgan fingerprint density at radius 1 is 0.941 bits per heavy atom. The van der Waals surface area contributed by atoms with Gasteiger partial charge in [-0.15, -0.1) is 0 Å². The maximum absolute atomic E-state index is 11.9. The molecule has 1 amide bonds. The molecule has 0 atom stereocenters. The Morgan fingerprint density at radius 3 is 2.12 bits per heavy atom. The Labute approximate surface area is 102 Å². The molecule has 2 heterocycles. The molecule has 5 nitrogen and oxygen atoms in total. The standard InChI is InChI=1S/C12H21N3O2/c16-10-9-13-5-7-14(8-6-13)11-12(17)15-3-1-2-4-15/h10H,1-9,11H2. The molecule has 5 heteroatoms. The van der Waals surface area contributed by atoms with E-state index in [0.717, 1.165) is 58.4 Å². The molecule has 2 saturated heterocycles. The van der Waals surface area contributed by atoms with E-state index in [2.05, 4.69) is 9.80 Å². The van der Waals surface area contributed by atoms with E-state index in [-0.39, 0.29) is 5.91 Å². The fourth-order valence-electron chi connectivity index (χ4n) is 2.49. The van der Waals surface area contributed by atoms with Crippen molar-refractivity contribution >= 4 is 12.2 Å². The van der Waals surface area contributed by atoms with Gasteiger partial charge in [0.15, 0.2) is 0 Å². The van der Waals surface area contributed by atoms with E-state index in [0.29, 0.717) is 13.1 Å². The first-order valence-electron chi connectivity index (χ1n) is 6.46. The number of amides is 1. The van der Waals surface area contributed by atoms with E-state index in [9.17, 15) is 9.59 Å². The van der Waals surface area contributed by atoms with Crippen LogP contribution >= 0.6 is 0 Å². The second kappa shape index (κ2) is 6.12. The molecule has 0 aromatic carbocycles. The molecule has 2 aliphatic heterocycles. The number of hydrogen-bond donors (Lipinski definition) is 0. The summed E-state index contributed by atoms with van der Waals surface area (Å²) in [5.41, 5.74) is 0. The zero-order valence-electron chi connectivity index (χ0n) is 10.3. The molecular weight excluding hydrogens is 218 g/mol. The predicted molar refractivity (Wildman–Crippen MR) is 64.8 cm³/mol. The molecule has 0 bridgehead atoms. The van der Waals surface area contributed by atoms with E-state index in [1.165, 1.54) is 0 Å². The number of carbonyl (C=O) groups excluding carboxylic acids is 2. The number of aldehydes is 1. The molecule has 2 rings (SSSR count). The van der Waals surface area contributed by atoms with Crippen molar-refractivity contribution in [2.75, 3.05) is 52.4 Å². The Kier molecular flexibility index (Phi) is 4.50. The van der Waals surface area contributed by atoms with Crippen LogP contribution in [-0.4, -0.2) is 79.3 Å². The first kappa shape index (κ1) is 12.5. The number of likely N-dealkylation sites (tertiary alicyclic amines) is 1. The molecule has 96 valence electrons. The summed E-state index contributed by atoms with van der Waals surface area (Å²) in [6.07, 6.45) is 3.25. The van der Waals surface area contributed by atoms with Crippen molar-refractivity contribution < 1.29 is 9.59 Å². The van der Waals surface area contributed by atoms with Gasteiger partial charge in [0.25, 0.3) is 0 Å². The van der Waals surface area contributed by atoms with Crippen LogP contribution in [0.25, 0.3) is 0 Å². The molecule has 0 aromatic heterocycles. The average Bonchev–Trinajstić information content (AvgIpc) is 2.86. The van der Waals surface area contributed by atoms with Gasteiger partial charge in [-0.3, -0.25) is 14.6 Å². The molecule has 0 spiro atoms. The summed E-state index contributed by atoms with van der Waals surface area (Å²) in [7, 11) is 0. The predicted octanol–water partition coefficient (Wildman–Crippen LogP) is -0.575. The molecule has 2 fully saturated rings. The maximum atomic E-state index is 11.9. The van der Waals surface area contributed by atoms with Crippen LogP contribution in [0.15, 0.2) is 0 Å². The summed E-state index contributed by atoms with van der Waals surface area (Å²) in [6.45, 7) is 6.52. The average molecular weight is 239 g/mol. The summed E-state index contributed by atoms with van der Waals surface area (Å²) in [5.74, 6) is 0.270. The zero-order chi connectivity index (χ0) is 12.1.